The second kappa shape index (κ2) is 18.3. The molecule has 0 fully saturated rings. The van der Waals surface area contributed by atoms with Crippen LogP contribution in [0, 0.1) is 0 Å². The Bertz CT molecular complexity index is 668. The van der Waals surface area contributed by atoms with Gasteiger partial charge >= 0.3 is 0 Å². The van der Waals surface area contributed by atoms with Gasteiger partial charge in [-0.15, -0.1) is 0 Å². The summed E-state index contributed by atoms with van der Waals surface area (Å²) in [7, 11) is 0. The van der Waals surface area contributed by atoms with Crippen molar-refractivity contribution in [1.29, 1.82) is 0 Å². The Hall–Kier alpha value is -2.43. The van der Waals surface area contributed by atoms with Gasteiger partial charge in [0.2, 0.25) is 5.91 Å². The number of unbranched alkanes of at least 4 members (excludes halogenated alkanes) is 10. The van der Waals surface area contributed by atoms with Crippen LogP contribution in [0.5, 0.6) is 0 Å². The Morgan fingerprint density at radius 2 is 1.42 bits per heavy atom. The molecule has 5 heteroatoms. The van der Waals surface area contributed by atoms with Crippen molar-refractivity contribution >= 4 is 24.1 Å². The molecule has 0 aromatic heterocycles. The van der Waals surface area contributed by atoms with E-state index in [0.29, 0.717) is 6.42 Å². The molecule has 0 aliphatic carbocycles. The predicted octanol–water partition coefficient (Wildman–Crippen LogP) is 6.01. The van der Waals surface area contributed by atoms with Gasteiger partial charge in [0.05, 0.1) is 12.8 Å². The molecule has 1 aromatic carbocycles. The normalized spacial score (nSPS) is 11.6. The van der Waals surface area contributed by atoms with E-state index in [1.54, 1.807) is 6.21 Å². The van der Waals surface area contributed by atoms with Crippen molar-refractivity contribution in [2.45, 2.75) is 90.9 Å². The number of hydrogen-bond acceptors (Lipinski definition) is 3. The van der Waals surface area contributed by atoms with Gasteiger partial charge in [-0.1, -0.05) is 108 Å². The molecule has 1 aromatic rings. The number of amides is 2. The summed E-state index contributed by atoms with van der Waals surface area (Å²) >= 11 is 0. The van der Waals surface area contributed by atoms with Crippen molar-refractivity contribution in [3.63, 3.8) is 0 Å². The lowest BCUT2D eigenvalue weighted by Gasteiger charge is -2.05. The van der Waals surface area contributed by atoms with Crippen LogP contribution in [0.4, 0.5) is 0 Å². The highest BCUT2D eigenvalue weighted by molar-refractivity contribution is 5.87. The molecular formula is C26H41N3O2. The minimum atomic E-state index is -0.323. The van der Waals surface area contributed by atoms with E-state index in [1.807, 2.05) is 43.3 Å². The molecule has 0 aliphatic rings. The van der Waals surface area contributed by atoms with Crippen LogP contribution < -0.4 is 10.7 Å². The number of benzene rings is 1. The third-order valence-corrected chi connectivity index (χ3v) is 5.10. The van der Waals surface area contributed by atoms with Crippen LogP contribution in [0.3, 0.4) is 0 Å². The molecule has 0 aliphatic heterocycles. The highest BCUT2D eigenvalue weighted by atomic mass is 16.2. The van der Waals surface area contributed by atoms with Crippen molar-refractivity contribution in [3.05, 3.63) is 41.5 Å². The fourth-order valence-electron chi connectivity index (χ4n) is 3.31. The van der Waals surface area contributed by atoms with Crippen LogP contribution in [0.2, 0.25) is 0 Å². The SMILES string of the molecule is CCCCCCCCCCCCCC(=O)NCC(=O)N/N=C/C(C)=C\c1ccccc1. The number of allylic oxidation sites excluding steroid dienone is 1. The Morgan fingerprint density at radius 3 is 2.03 bits per heavy atom. The second-order valence-corrected chi connectivity index (χ2v) is 8.15. The lowest BCUT2D eigenvalue weighted by molar-refractivity contribution is -0.126. The maximum absolute atomic E-state index is 11.9. The Morgan fingerprint density at radius 1 is 0.839 bits per heavy atom. The van der Waals surface area contributed by atoms with Crippen LogP contribution in [0.25, 0.3) is 6.08 Å². The van der Waals surface area contributed by atoms with Crippen LogP contribution in [0.1, 0.15) is 96.5 Å². The van der Waals surface area contributed by atoms with Crippen molar-refractivity contribution < 1.29 is 9.59 Å². The van der Waals surface area contributed by atoms with Crippen molar-refractivity contribution in [2.24, 2.45) is 5.10 Å². The molecule has 0 bridgehead atoms. The lowest BCUT2D eigenvalue weighted by Crippen LogP contribution is -2.34. The number of nitrogens with zero attached hydrogens (tertiary/aromatic N) is 1. The van der Waals surface area contributed by atoms with Crippen molar-refractivity contribution in [1.82, 2.24) is 10.7 Å². The Labute approximate surface area is 188 Å². The zero-order valence-corrected chi connectivity index (χ0v) is 19.5. The molecule has 0 unspecified atom stereocenters. The molecule has 0 saturated heterocycles. The van der Waals surface area contributed by atoms with Gasteiger partial charge in [-0.25, -0.2) is 5.43 Å². The summed E-state index contributed by atoms with van der Waals surface area (Å²) in [6.45, 7) is 4.12. The van der Waals surface area contributed by atoms with Crippen LogP contribution >= 0.6 is 0 Å². The smallest absolute Gasteiger partial charge is 0.259 e. The maximum atomic E-state index is 11.9. The molecule has 1 rings (SSSR count). The summed E-state index contributed by atoms with van der Waals surface area (Å²) < 4.78 is 0. The molecule has 2 N–H and O–H groups in total. The quantitative estimate of drug-likeness (QED) is 0.182. The fraction of sp³-hybridized carbons (Fsp3) is 0.577. The number of rotatable bonds is 17. The predicted molar refractivity (Wildman–Crippen MR) is 131 cm³/mol. The van der Waals surface area contributed by atoms with Crippen molar-refractivity contribution in [2.75, 3.05) is 6.54 Å². The molecule has 5 nitrogen and oxygen atoms in total. The van der Waals surface area contributed by atoms with E-state index in [4.69, 9.17) is 0 Å². The van der Waals surface area contributed by atoms with Crippen LogP contribution in [-0.4, -0.2) is 24.6 Å². The summed E-state index contributed by atoms with van der Waals surface area (Å²) in [4.78, 5) is 23.6. The van der Waals surface area contributed by atoms with Gasteiger partial charge in [0.25, 0.3) is 5.91 Å². The fourth-order valence-corrected chi connectivity index (χ4v) is 3.31. The lowest BCUT2D eigenvalue weighted by atomic mass is 10.1. The van der Waals surface area contributed by atoms with Crippen molar-refractivity contribution in [3.8, 4) is 0 Å². The first-order chi connectivity index (χ1) is 15.1. The van der Waals surface area contributed by atoms with E-state index < -0.39 is 0 Å². The summed E-state index contributed by atoms with van der Waals surface area (Å²) in [5.74, 6) is -0.397. The second-order valence-electron chi connectivity index (χ2n) is 8.15. The number of hydrogen-bond donors (Lipinski definition) is 2. The Kier molecular flexibility index (Phi) is 15.7. The van der Waals surface area contributed by atoms with Gasteiger partial charge in [0, 0.05) is 6.42 Å². The first kappa shape index (κ1) is 26.6. The molecule has 0 saturated carbocycles. The number of hydrazone groups is 1. The average Bonchev–Trinajstić information content (AvgIpc) is 2.76. The minimum absolute atomic E-state index is 0.0460. The summed E-state index contributed by atoms with van der Waals surface area (Å²) in [5, 5.41) is 6.59. The Balaban J connectivity index is 2.00. The molecule has 0 spiro atoms. The van der Waals surface area contributed by atoms with Gasteiger partial charge in [-0.2, -0.15) is 5.10 Å². The first-order valence-corrected chi connectivity index (χ1v) is 11.9. The molecule has 2 amide bonds. The van der Waals surface area contributed by atoms with E-state index in [-0.39, 0.29) is 18.4 Å². The van der Waals surface area contributed by atoms with E-state index in [2.05, 4.69) is 22.8 Å². The maximum Gasteiger partial charge on any atom is 0.259 e. The molecule has 172 valence electrons. The van der Waals surface area contributed by atoms with Crippen LogP contribution in [0.15, 0.2) is 41.0 Å². The van der Waals surface area contributed by atoms with E-state index in [9.17, 15) is 9.59 Å². The zero-order valence-electron chi connectivity index (χ0n) is 19.5. The van der Waals surface area contributed by atoms with Gasteiger partial charge in [-0.3, -0.25) is 9.59 Å². The van der Waals surface area contributed by atoms with Gasteiger partial charge in [0.15, 0.2) is 0 Å². The first-order valence-electron chi connectivity index (χ1n) is 11.9. The standard InChI is InChI=1S/C26H41N3O2/c1-3-4-5-6-7-8-9-10-11-12-16-19-25(30)27-22-26(31)29-28-21-23(2)20-24-17-14-13-15-18-24/h13-15,17-18,20-21H,3-12,16,19,22H2,1-2H3,(H,27,30)(H,29,31)/b23-20-,28-21+. The average molecular weight is 428 g/mol. The minimum Gasteiger partial charge on any atom is -0.347 e. The largest absolute Gasteiger partial charge is 0.347 e. The number of nitrogens with one attached hydrogen (secondary N) is 2. The number of carbonyl (C=O) groups excluding carboxylic acids is 2. The highest BCUT2D eigenvalue weighted by Gasteiger charge is 2.04. The topological polar surface area (TPSA) is 70.6 Å². The van der Waals surface area contributed by atoms with E-state index in [1.165, 1.54) is 57.8 Å². The molecule has 0 radical (unpaired) electrons. The molecule has 0 heterocycles. The van der Waals surface area contributed by atoms with Gasteiger partial charge in [0.1, 0.15) is 0 Å². The summed E-state index contributed by atoms with van der Waals surface area (Å²) in [6.07, 6.45) is 17.9. The monoisotopic (exact) mass is 427 g/mol. The summed E-state index contributed by atoms with van der Waals surface area (Å²) in [6, 6.07) is 9.91. The number of carbonyl (C=O) groups is 2. The van der Waals surface area contributed by atoms with E-state index in [0.717, 1.165) is 24.0 Å². The molecule has 0 atom stereocenters. The van der Waals surface area contributed by atoms with Gasteiger partial charge in [-0.05, 0) is 24.5 Å². The summed E-state index contributed by atoms with van der Waals surface area (Å²) in [5.41, 5.74) is 4.44. The highest BCUT2D eigenvalue weighted by Crippen LogP contribution is 2.11. The van der Waals surface area contributed by atoms with Crippen LogP contribution in [-0.2, 0) is 9.59 Å². The molecular weight excluding hydrogens is 386 g/mol. The third kappa shape index (κ3) is 16.0. The van der Waals surface area contributed by atoms with E-state index >= 15 is 0 Å². The van der Waals surface area contributed by atoms with Gasteiger partial charge < -0.3 is 5.32 Å². The third-order valence-electron chi connectivity index (χ3n) is 5.10. The zero-order chi connectivity index (χ0) is 22.6. The molecule has 31 heavy (non-hydrogen) atoms.